The summed E-state index contributed by atoms with van der Waals surface area (Å²) in [6.45, 7) is 6.07. The number of carbonyl (C=O) groups excluding carboxylic acids is 2. The van der Waals surface area contributed by atoms with Gasteiger partial charge in [-0.25, -0.2) is 0 Å². The van der Waals surface area contributed by atoms with E-state index in [0.717, 1.165) is 23.1 Å². The van der Waals surface area contributed by atoms with E-state index in [4.69, 9.17) is 16.3 Å². The Balaban J connectivity index is 1.91. The topological polar surface area (TPSA) is 58.6 Å². The highest BCUT2D eigenvalue weighted by molar-refractivity contribution is 9.10. The summed E-state index contributed by atoms with van der Waals surface area (Å²) in [4.78, 5) is 28.8. The van der Waals surface area contributed by atoms with Crippen molar-refractivity contribution >= 4 is 39.3 Å². The van der Waals surface area contributed by atoms with Crippen LogP contribution in [0.15, 0.2) is 77.3 Å². The SMILES string of the molecule is CC[C@H](C)NC(=O)[C@@H](Cc1ccccc1)N(Cc1ccc(C)cc1)C(=O)COc1ccc(Cl)cc1Br. The molecular weight excluding hydrogens is 540 g/mol. The Labute approximate surface area is 226 Å². The molecule has 0 aliphatic rings. The second kappa shape index (κ2) is 13.5. The van der Waals surface area contributed by atoms with E-state index >= 15 is 0 Å². The number of ether oxygens (including phenoxy) is 1. The molecule has 2 atom stereocenters. The number of hydrogen-bond acceptors (Lipinski definition) is 3. The average molecular weight is 572 g/mol. The summed E-state index contributed by atoms with van der Waals surface area (Å²) < 4.78 is 6.50. The number of halogens is 2. The minimum Gasteiger partial charge on any atom is -0.483 e. The molecule has 3 rings (SSSR count). The first-order valence-electron chi connectivity index (χ1n) is 12.0. The van der Waals surface area contributed by atoms with E-state index in [1.807, 2.05) is 75.4 Å². The Morgan fingerprint density at radius 1 is 1.03 bits per heavy atom. The lowest BCUT2D eigenvalue weighted by atomic mass is 10.0. The van der Waals surface area contributed by atoms with Crippen LogP contribution in [0.25, 0.3) is 0 Å². The van der Waals surface area contributed by atoms with Gasteiger partial charge in [-0.2, -0.15) is 0 Å². The number of benzene rings is 3. The normalized spacial score (nSPS) is 12.5. The van der Waals surface area contributed by atoms with Crippen molar-refractivity contribution in [3.63, 3.8) is 0 Å². The Kier molecular flexibility index (Phi) is 10.4. The summed E-state index contributed by atoms with van der Waals surface area (Å²) in [7, 11) is 0. The minimum absolute atomic E-state index is 0.00614. The van der Waals surface area contributed by atoms with Crippen LogP contribution in [-0.4, -0.2) is 35.4 Å². The summed E-state index contributed by atoms with van der Waals surface area (Å²) in [6.07, 6.45) is 1.19. The van der Waals surface area contributed by atoms with Crippen molar-refractivity contribution in [3.05, 3.63) is 99.0 Å². The van der Waals surface area contributed by atoms with E-state index in [-0.39, 0.29) is 31.0 Å². The molecule has 1 N–H and O–H groups in total. The van der Waals surface area contributed by atoms with Crippen molar-refractivity contribution in [2.45, 2.75) is 52.2 Å². The van der Waals surface area contributed by atoms with Crippen LogP contribution >= 0.6 is 27.5 Å². The predicted molar refractivity (Wildman–Crippen MR) is 148 cm³/mol. The van der Waals surface area contributed by atoms with Gasteiger partial charge in [0.2, 0.25) is 5.91 Å². The summed E-state index contributed by atoms with van der Waals surface area (Å²) in [5.74, 6) is 0.0469. The maximum Gasteiger partial charge on any atom is 0.261 e. The Morgan fingerprint density at radius 3 is 2.36 bits per heavy atom. The molecule has 0 saturated carbocycles. The quantitative estimate of drug-likeness (QED) is 0.292. The first kappa shape index (κ1) is 27.8. The molecule has 0 aliphatic heterocycles. The van der Waals surface area contributed by atoms with Gasteiger partial charge in [0.1, 0.15) is 11.8 Å². The molecule has 190 valence electrons. The van der Waals surface area contributed by atoms with Gasteiger partial charge in [-0.1, -0.05) is 78.7 Å². The van der Waals surface area contributed by atoms with E-state index < -0.39 is 6.04 Å². The summed E-state index contributed by atoms with van der Waals surface area (Å²) in [5, 5.41) is 3.63. The van der Waals surface area contributed by atoms with Crippen molar-refractivity contribution in [1.29, 1.82) is 0 Å². The van der Waals surface area contributed by atoms with E-state index in [9.17, 15) is 9.59 Å². The van der Waals surface area contributed by atoms with Crippen molar-refractivity contribution in [1.82, 2.24) is 10.2 Å². The van der Waals surface area contributed by atoms with Gasteiger partial charge in [0.25, 0.3) is 5.91 Å². The van der Waals surface area contributed by atoms with Crippen LogP contribution in [0, 0.1) is 6.92 Å². The lowest BCUT2D eigenvalue weighted by Crippen LogP contribution is -2.53. The minimum atomic E-state index is -0.701. The number of amides is 2. The Bertz CT molecular complexity index is 1150. The van der Waals surface area contributed by atoms with E-state index in [1.165, 1.54) is 0 Å². The van der Waals surface area contributed by atoms with Crippen LogP contribution in [0.5, 0.6) is 5.75 Å². The van der Waals surface area contributed by atoms with E-state index in [2.05, 4.69) is 21.2 Å². The second-order valence-electron chi connectivity index (χ2n) is 8.89. The molecule has 0 aromatic heterocycles. The van der Waals surface area contributed by atoms with Crippen molar-refractivity contribution < 1.29 is 14.3 Å². The fraction of sp³-hybridized carbons (Fsp3) is 0.310. The zero-order valence-corrected chi connectivity index (χ0v) is 23.2. The average Bonchev–Trinajstić information content (AvgIpc) is 2.87. The molecule has 0 unspecified atom stereocenters. The molecule has 0 radical (unpaired) electrons. The van der Waals surface area contributed by atoms with E-state index in [1.54, 1.807) is 23.1 Å². The fourth-order valence-corrected chi connectivity index (χ4v) is 4.50. The molecule has 0 heterocycles. The Morgan fingerprint density at radius 2 is 1.72 bits per heavy atom. The van der Waals surface area contributed by atoms with Crippen molar-refractivity contribution in [2.75, 3.05) is 6.61 Å². The second-order valence-corrected chi connectivity index (χ2v) is 10.2. The molecular formula is C29H32BrClN2O3. The summed E-state index contributed by atoms with van der Waals surface area (Å²) >= 11 is 9.46. The molecule has 5 nitrogen and oxygen atoms in total. The van der Waals surface area contributed by atoms with Gasteiger partial charge >= 0.3 is 0 Å². The third-order valence-corrected chi connectivity index (χ3v) is 6.85. The number of nitrogens with zero attached hydrogens (tertiary/aromatic N) is 1. The van der Waals surface area contributed by atoms with Crippen molar-refractivity contribution in [3.8, 4) is 5.75 Å². The molecule has 0 spiro atoms. The van der Waals surface area contributed by atoms with Crippen LogP contribution in [0.1, 0.15) is 37.0 Å². The molecule has 0 aliphatic carbocycles. The fourth-order valence-electron chi connectivity index (χ4n) is 3.70. The third kappa shape index (κ3) is 8.10. The molecule has 2 amide bonds. The number of aryl methyl sites for hydroxylation is 1. The van der Waals surface area contributed by atoms with Gasteiger partial charge in [0, 0.05) is 24.0 Å². The molecule has 0 fully saturated rings. The first-order chi connectivity index (χ1) is 17.3. The molecule has 3 aromatic rings. The molecule has 3 aromatic carbocycles. The lowest BCUT2D eigenvalue weighted by molar-refractivity contribution is -0.143. The molecule has 0 saturated heterocycles. The van der Waals surface area contributed by atoms with Gasteiger partial charge in [-0.15, -0.1) is 0 Å². The number of rotatable bonds is 11. The monoisotopic (exact) mass is 570 g/mol. The van der Waals surface area contributed by atoms with Crippen LogP contribution < -0.4 is 10.1 Å². The van der Waals surface area contributed by atoms with Crippen LogP contribution in [0.4, 0.5) is 0 Å². The first-order valence-corrected chi connectivity index (χ1v) is 13.2. The molecule has 7 heteroatoms. The number of carbonyl (C=O) groups is 2. The van der Waals surface area contributed by atoms with Crippen LogP contribution in [0.2, 0.25) is 5.02 Å². The highest BCUT2D eigenvalue weighted by Crippen LogP contribution is 2.28. The smallest absolute Gasteiger partial charge is 0.261 e. The molecule has 0 bridgehead atoms. The van der Waals surface area contributed by atoms with Gasteiger partial charge in [0.15, 0.2) is 6.61 Å². The van der Waals surface area contributed by atoms with Gasteiger partial charge in [-0.05, 0) is 65.5 Å². The highest BCUT2D eigenvalue weighted by Gasteiger charge is 2.31. The van der Waals surface area contributed by atoms with Crippen molar-refractivity contribution in [2.24, 2.45) is 0 Å². The summed E-state index contributed by atoms with van der Waals surface area (Å²) in [6, 6.07) is 22.1. The zero-order chi connectivity index (χ0) is 26.1. The largest absolute Gasteiger partial charge is 0.483 e. The highest BCUT2D eigenvalue weighted by atomic mass is 79.9. The number of nitrogens with one attached hydrogen (secondary N) is 1. The summed E-state index contributed by atoms with van der Waals surface area (Å²) in [5.41, 5.74) is 3.05. The van der Waals surface area contributed by atoms with Gasteiger partial charge in [0.05, 0.1) is 4.47 Å². The predicted octanol–water partition coefficient (Wildman–Crippen LogP) is 6.34. The van der Waals surface area contributed by atoms with Gasteiger partial charge in [-0.3, -0.25) is 9.59 Å². The third-order valence-electron chi connectivity index (χ3n) is 5.99. The maximum atomic E-state index is 13.6. The molecule has 36 heavy (non-hydrogen) atoms. The van der Waals surface area contributed by atoms with Crippen LogP contribution in [-0.2, 0) is 22.6 Å². The van der Waals surface area contributed by atoms with E-state index in [0.29, 0.717) is 21.7 Å². The van der Waals surface area contributed by atoms with Crippen LogP contribution in [0.3, 0.4) is 0 Å². The maximum absolute atomic E-state index is 13.6. The zero-order valence-electron chi connectivity index (χ0n) is 20.8. The standard InChI is InChI=1S/C29H32BrClN2O3/c1-4-21(3)32-29(35)26(16-22-8-6-5-7-9-22)33(18-23-12-10-20(2)11-13-23)28(34)19-36-27-15-14-24(31)17-25(27)30/h5-15,17,21,26H,4,16,18-19H2,1-3H3,(H,32,35)/t21-,26+/m0/s1. The Hall–Kier alpha value is -2.83. The lowest BCUT2D eigenvalue weighted by Gasteiger charge is -2.32. The number of hydrogen-bond donors (Lipinski definition) is 1. The van der Waals surface area contributed by atoms with Gasteiger partial charge < -0.3 is 15.0 Å².